The van der Waals surface area contributed by atoms with Crippen LogP contribution in [0.25, 0.3) is 0 Å². The van der Waals surface area contributed by atoms with Gasteiger partial charge in [-0.3, -0.25) is 9.59 Å². The van der Waals surface area contributed by atoms with Crippen molar-refractivity contribution >= 4 is 17.7 Å². The molecule has 1 amide bonds. The number of esters is 1. The second-order valence-corrected chi connectivity index (χ2v) is 8.15. The SMILES string of the molecule is CCOCCCN(C(=O)C1CCC1)C(C)C(=O)c1c(C)c(C(=O)OCC)n(CC)c1C. The van der Waals surface area contributed by atoms with E-state index in [2.05, 4.69) is 0 Å². The van der Waals surface area contributed by atoms with Gasteiger partial charge in [0.15, 0.2) is 5.78 Å². The largest absolute Gasteiger partial charge is 0.461 e. The zero-order chi connectivity index (χ0) is 23.1. The van der Waals surface area contributed by atoms with Crippen LogP contribution in [-0.2, 0) is 20.8 Å². The van der Waals surface area contributed by atoms with Crippen LogP contribution in [-0.4, -0.2) is 59.5 Å². The number of hydrogen-bond acceptors (Lipinski definition) is 5. The minimum absolute atomic E-state index is 0.0138. The molecular formula is C24H38N2O5. The van der Waals surface area contributed by atoms with Gasteiger partial charge in [0.1, 0.15) is 5.69 Å². The number of ketones is 1. The van der Waals surface area contributed by atoms with Crippen LogP contribution in [0.2, 0.25) is 0 Å². The van der Waals surface area contributed by atoms with Crippen molar-refractivity contribution < 1.29 is 23.9 Å². The molecule has 7 nitrogen and oxygen atoms in total. The Labute approximate surface area is 186 Å². The molecule has 1 saturated carbocycles. The number of Topliss-reactive ketones (excluding diaryl/α,β-unsaturated/α-hetero) is 1. The molecule has 1 fully saturated rings. The molecule has 1 unspecified atom stereocenters. The number of carbonyl (C=O) groups excluding carboxylic acids is 3. The van der Waals surface area contributed by atoms with E-state index in [1.165, 1.54) is 0 Å². The van der Waals surface area contributed by atoms with Crippen molar-refractivity contribution in [3.63, 3.8) is 0 Å². The molecule has 0 saturated heterocycles. The Morgan fingerprint density at radius 2 is 1.81 bits per heavy atom. The molecule has 1 aliphatic rings. The van der Waals surface area contributed by atoms with Crippen LogP contribution < -0.4 is 0 Å². The third-order valence-corrected chi connectivity index (χ3v) is 6.27. The van der Waals surface area contributed by atoms with Gasteiger partial charge in [0.05, 0.1) is 12.6 Å². The molecule has 1 atom stereocenters. The number of rotatable bonds is 12. The predicted octanol–water partition coefficient (Wildman–Crippen LogP) is 3.93. The Bertz CT molecular complexity index is 794. The monoisotopic (exact) mass is 434 g/mol. The molecule has 174 valence electrons. The molecule has 31 heavy (non-hydrogen) atoms. The van der Waals surface area contributed by atoms with Gasteiger partial charge >= 0.3 is 5.97 Å². The van der Waals surface area contributed by atoms with Gasteiger partial charge in [0, 0.05) is 43.5 Å². The first-order chi connectivity index (χ1) is 14.8. The number of carbonyl (C=O) groups is 3. The lowest BCUT2D eigenvalue weighted by molar-refractivity contribution is -0.139. The molecule has 1 aromatic rings. The van der Waals surface area contributed by atoms with Gasteiger partial charge in [-0.1, -0.05) is 6.42 Å². The molecule has 0 radical (unpaired) electrons. The maximum absolute atomic E-state index is 13.6. The fourth-order valence-electron chi connectivity index (χ4n) is 4.33. The van der Waals surface area contributed by atoms with E-state index >= 15 is 0 Å². The van der Waals surface area contributed by atoms with E-state index in [1.807, 2.05) is 25.3 Å². The summed E-state index contributed by atoms with van der Waals surface area (Å²) >= 11 is 0. The number of hydrogen-bond donors (Lipinski definition) is 0. The number of aromatic nitrogens is 1. The summed E-state index contributed by atoms with van der Waals surface area (Å²) in [6.07, 6.45) is 3.52. The van der Waals surface area contributed by atoms with E-state index in [0.29, 0.717) is 49.5 Å². The van der Waals surface area contributed by atoms with Crippen LogP contribution in [0.15, 0.2) is 0 Å². The van der Waals surface area contributed by atoms with Crippen molar-refractivity contribution in [2.24, 2.45) is 5.92 Å². The third kappa shape index (κ3) is 5.37. The van der Waals surface area contributed by atoms with Crippen LogP contribution >= 0.6 is 0 Å². The van der Waals surface area contributed by atoms with E-state index in [-0.39, 0.29) is 24.2 Å². The Balaban J connectivity index is 2.34. The van der Waals surface area contributed by atoms with Gasteiger partial charge in [0.25, 0.3) is 0 Å². The molecule has 0 aliphatic heterocycles. The van der Waals surface area contributed by atoms with Crippen molar-refractivity contribution in [3.8, 4) is 0 Å². The van der Waals surface area contributed by atoms with Crippen molar-refractivity contribution in [1.82, 2.24) is 9.47 Å². The summed E-state index contributed by atoms with van der Waals surface area (Å²) in [4.78, 5) is 41.0. The second kappa shape index (κ2) is 11.5. The maximum atomic E-state index is 13.6. The van der Waals surface area contributed by atoms with Gasteiger partial charge in [0.2, 0.25) is 5.91 Å². The fourth-order valence-corrected chi connectivity index (χ4v) is 4.33. The molecular weight excluding hydrogens is 396 g/mol. The highest BCUT2D eigenvalue weighted by Gasteiger charge is 2.36. The predicted molar refractivity (Wildman–Crippen MR) is 119 cm³/mol. The first-order valence-corrected chi connectivity index (χ1v) is 11.6. The summed E-state index contributed by atoms with van der Waals surface area (Å²) in [6, 6.07) is -0.602. The summed E-state index contributed by atoms with van der Waals surface area (Å²) < 4.78 is 12.5. The van der Waals surface area contributed by atoms with Crippen LogP contribution in [0, 0.1) is 19.8 Å². The van der Waals surface area contributed by atoms with Crippen molar-refractivity contribution in [2.75, 3.05) is 26.4 Å². The topological polar surface area (TPSA) is 77.8 Å². The van der Waals surface area contributed by atoms with E-state index in [9.17, 15) is 14.4 Å². The summed E-state index contributed by atoms with van der Waals surface area (Å²) in [5.41, 5.74) is 2.31. The van der Waals surface area contributed by atoms with Gasteiger partial charge < -0.3 is 18.9 Å². The Morgan fingerprint density at radius 1 is 1.13 bits per heavy atom. The van der Waals surface area contributed by atoms with Crippen LogP contribution in [0.3, 0.4) is 0 Å². The highest BCUT2D eigenvalue weighted by atomic mass is 16.5. The Hall–Kier alpha value is -2.15. The molecule has 0 spiro atoms. The number of nitrogens with zero attached hydrogens (tertiary/aromatic N) is 2. The number of ether oxygens (including phenoxy) is 2. The molecule has 7 heteroatoms. The third-order valence-electron chi connectivity index (χ3n) is 6.27. The molecule has 0 N–H and O–H groups in total. The minimum atomic E-state index is -0.602. The van der Waals surface area contributed by atoms with Gasteiger partial charge in [-0.15, -0.1) is 0 Å². The molecule has 0 bridgehead atoms. The second-order valence-electron chi connectivity index (χ2n) is 8.15. The van der Waals surface area contributed by atoms with Crippen molar-refractivity contribution in [2.45, 2.75) is 79.8 Å². The molecule has 1 aliphatic carbocycles. The lowest BCUT2D eigenvalue weighted by Crippen LogP contribution is -2.48. The van der Waals surface area contributed by atoms with Crippen LogP contribution in [0.4, 0.5) is 0 Å². The lowest BCUT2D eigenvalue weighted by Gasteiger charge is -2.35. The van der Waals surface area contributed by atoms with Crippen molar-refractivity contribution in [1.29, 1.82) is 0 Å². The highest BCUT2D eigenvalue weighted by Crippen LogP contribution is 2.31. The smallest absolute Gasteiger partial charge is 0.355 e. The first-order valence-electron chi connectivity index (χ1n) is 11.6. The summed E-state index contributed by atoms with van der Waals surface area (Å²) in [6.45, 7) is 13.6. The van der Waals surface area contributed by atoms with Crippen LogP contribution in [0.5, 0.6) is 0 Å². The quantitative estimate of drug-likeness (QED) is 0.283. The van der Waals surface area contributed by atoms with E-state index < -0.39 is 12.0 Å². The van der Waals surface area contributed by atoms with Gasteiger partial charge in [-0.25, -0.2) is 4.79 Å². The normalized spacial score (nSPS) is 14.8. The van der Waals surface area contributed by atoms with Gasteiger partial charge in [-0.2, -0.15) is 0 Å². The first kappa shape index (κ1) is 25.1. The zero-order valence-electron chi connectivity index (χ0n) is 20.0. The summed E-state index contributed by atoms with van der Waals surface area (Å²) in [5.74, 6) is -0.480. The summed E-state index contributed by atoms with van der Waals surface area (Å²) in [7, 11) is 0. The van der Waals surface area contributed by atoms with E-state index in [4.69, 9.17) is 9.47 Å². The van der Waals surface area contributed by atoms with Crippen molar-refractivity contribution in [3.05, 3.63) is 22.5 Å². The fraction of sp³-hybridized carbons (Fsp3) is 0.708. The standard InChI is InChI=1S/C24H38N2O5/c1-7-25-17(5)20(16(4)21(25)24(29)31-9-3)22(27)18(6)26(14-11-15-30-8-2)23(28)19-12-10-13-19/h18-19H,7-15H2,1-6H3. The van der Waals surface area contributed by atoms with E-state index in [1.54, 1.807) is 25.7 Å². The zero-order valence-corrected chi connectivity index (χ0v) is 20.0. The average Bonchev–Trinajstić information content (AvgIpc) is 2.95. The molecule has 0 aromatic carbocycles. The van der Waals surface area contributed by atoms with Gasteiger partial charge in [-0.05, 0) is 66.4 Å². The molecule has 1 heterocycles. The van der Waals surface area contributed by atoms with Crippen LogP contribution in [0.1, 0.15) is 85.5 Å². The Morgan fingerprint density at radius 3 is 2.32 bits per heavy atom. The highest BCUT2D eigenvalue weighted by molar-refractivity contribution is 6.06. The molecule has 1 aromatic heterocycles. The number of amides is 1. The minimum Gasteiger partial charge on any atom is -0.461 e. The lowest BCUT2D eigenvalue weighted by atomic mass is 9.83. The Kier molecular flexibility index (Phi) is 9.29. The average molecular weight is 435 g/mol. The maximum Gasteiger partial charge on any atom is 0.355 e. The summed E-state index contributed by atoms with van der Waals surface area (Å²) in [5, 5.41) is 0. The molecule has 2 rings (SSSR count). The van der Waals surface area contributed by atoms with E-state index in [0.717, 1.165) is 25.0 Å².